The van der Waals surface area contributed by atoms with Gasteiger partial charge >= 0.3 is 0 Å². The van der Waals surface area contributed by atoms with E-state index in [-0.39, 0.29) is 0 Å². The molecule has 0 heterocycles. The smallest absolute Gasteiger partial charge is 0.150 e. The minimum absolute atomic E-state index is 0.343. The molecule has 0 saturated carbocycles. The molecule has 0 bridgehead atoms. The highest BCUT2D eigenvalue weighted by atomic mass is 16.3. The van der Waals surface area contributed by atoms with Crippen molar-refractivity contribution in [3.63, 3.8) is 0 Å². The zero-order valence-corrected chi connectivity index (χ0v) is 8.00. The second kappa shape index (κ2) is 4.08. The molecule has 0 fully saturated rings. The number of rotatable bonds is 3. The fraction of sp³-hybridized carbons (Fsp3) is 0.364. The van der Waals surface area contributed by atoms with E-state index < -0.39 is 0 Å². The van der Waals surface area contributed by atoms with E-state index in [1.807, 2.05) is 13.8 Å². The van der Waals surface area contributed by atoms with Crippen LogP contribution in [0.3, 0.4) is 0 Å². The number of phenolic OH excluding ortho intramolecular Hbond substituents is 1. The van der Waals surface area contributed by atoms with Crippen molar-refractivity contribution >= 4 is 6.29 Å². The van der Waals surface area contributed by atoms with Crippen LogP contribution in [-0.4, -0.2) is 11.4 Å². The Kier molecular flexibility index (Phi) is 3.07. The van der Waals surface area contributed by atoms with Crippen LogP contribution in [0.5, 0.6) is 5.75 Å². The number of aldehydes is 1. The third-order valence-corrected chi connectivity index (χ3v) is 2.19. The number of phenols is 1. The van der Waals surface area contributed by atoms with E-state index in [1.165, 1.54) is 0 Å². The Balaban J connectivity index is 3.28. The summed E-state index contributed by atoms with van der Waals surface area (Å²) in [6.07, 6.45) is 2.32. The van der Waals surface area contributed by atoms with Gasteiger partial charge in [-0.2, -0.15) is 0 Å². The van der Waals surface area contributed by atoms with E-state index in [9.17, 15) is 9.90 Å². The largest absolute Gasteiger partial charge is 0.507 e. The van der Waals surface area contributed by atoms with E-state index in [2.05, 4.69) is 0 Å². The standard InChI is InChI=1S/C11H14O2/c1-3-9-5-8(7-12)6-10(4-2)11(9)13/h5-7,13H,3-4H2,1-2H3. The van der Waals surface area contributed by atoms with Crippen LogP contribution in [0.2, 0.25) is 0 Å². The third-order valence-electron chi connectivity index (χ3n) is 2.19. The van der Waals surface area contributed by atoms with Gasteiger partial charge in [-0.15, -0.1) is 0 Å². The van der Waals surface area contributed by atoms with Crippen molar-refractivity contribution in [3.05, 3.63) is 28.8 Å². The molecule has 0 aliphatic carbocycles. The summed E-state index contributed by atoms with van der Waals surface area (Å²) in [5.41, 5.74) is 2.34. The summed E-state index contributed by atoms with van der Waals surface area (Å²) in [5, 5.41) is 9.69. The van der Waals surface area contributed by atoms with Crippen molar-refractivity contribution in [2.45, 2.75) is 26.7 Å². The zero-order chi connectivity index (χ0) is 9.84. The van der Waals surface area contributed by atoms with Crippen LogP contribution in [-0.2, 0) is 12.8 Å². The molecule has 0 aromatic heterocycles. The minimum Gasteiger partial charge on any atom is -0.507 e. The first-order valence-electron chi connectivity index (χ1n) is 4.52. The topological polar surface area (TPSA) is 37.3 Å². The van der Waals surface area contributed by atoms with Crippen LogP contribution >= 0.6 is 0 Å². The van der Waals surface area contributed by atoms with Crippen LogP contribution in [0.1, 0.15) is 35.3 Å². The Bertz CT molecular complexity index is 291. The van der Waals surface area contributed by atoms with Gasteiger partial charge in [0.1, 0.15) is 12.0 Å². The first-order valence-corrected chi connectivity index (χ1v) is 4.52. The monoisotopic (exact) mass is 178 g/mol. The molecule has 0 spiro atoms. The average Bonchev–Trinajstić information content (AvgIpc) is 2.18. The molecule has 0 aliphatic heterocycles. The van der Waals surface area contributed by atoms with Crippen molar-refractivity contribution in [1.82, 2.24) is 0 Å². The summed E-state index contributed by atoms with van der Waals surface area (Å²) in [6, 6.07) is 3.48. The zero-order valence-electron chi connectivity index (χ0n) is 8.00. The van der Waals surface area contributed by atoms with E-state index in [0.29, 0.717) is 11.3 Å². The molecule has 0 amide bonds. The lowest BCUT2D eigenvalue weighted by Crippen LogP contribution is -1.92. The van der Waals surface area contributed by atoms with Crippen molar-refractivity contribution in [3.8, 4) is 5.75 Å². The van der Waals surface area contributed by atoms with Gasteiger partial charge in [-0.05, 0) is 36.1 Å². The van der Waals surface area contributed by atoms with Crippen molar-refractivity contribution in [1.29, 1.82) is 0 Å². The van der Waals surface area contributed by atoms with Gasteiger partial charge in [0, 0.05) is 5.56 Å². The minimum atomic E-state index is 0.343. The molecule has 1 aromatic rings. The summed E-state index contributed by atoms with van der Waals surface area (Å²) < 4.78 is 0. The lowest BCUT2D eigenvalue weighted by Gasteiger charge is -2.07. The van der Waals surface area contributed by atoms with Crippen LogP contribution in [0.25, 0.3) is 0 Å². The Morgan fingerprint density at radius 1 is 1.23 bits per heavy atom. The molecule has 1 N–H and O–H groups in total. The maximum Gasteiger partial charge on any atom is 0.150 e. The Hall–Kier alpha value is -1.31. The molecule has 0 atom stereocenters. The molecule has 13 heavy (non-hydrogen) atoms. The fourth-order valence-electron chi connectivity index (χ4n) is 1.39. The first-order chi connectivity index (χ1) is 6.22. The number of hydrogen-bond acceptors (Lipinski definition) is 2. The van der Waals surface area contributed by atoms with Crippen LogP contribution in [0.15, 0.2) is 12.1 Å². The molecule has 0 unspecified atom stereocenters. The van der Waals surface area contributed by atoms with Gasteiger partial charge in [0.25, 0.3) is 0 Å². The number of aryl methyl sites for hydroxylation is 2. The van der Waals surface area contributed by atoms with E-state index in [1.54, 1.807) is 12.1 Å². The van der Waals surface area contributed by atoms with Crippen LogP contribution in [0, 0.1) is 0 Å². The Morgan fingerprint density at radius 3 is 2.00 bits per heavy atom. The van der Waals surface area contributed by atoms with Crippen LogP contribution in [0.4, 0.5) is 0 Å². The van der Waals surface area contributed by atoms with Crippen molar-refractivity contribution < 1.29 is 9.90 Å². The predicted molar refractivity (Wildman–Crippen MR) is 52.3 cm³/mol. The van der Waals surface area contributed by atoms with E-state index in [4.69, 9.17) is 0 Å². The molecule has 70 valence electrons. The molecule has 0 saturated heterocycles. The lowest BCUT2D eigenvalue weighted by atomic mass is 10.0. The molecule has 2 nitrogen and oxygen atoms in total. The van der Waals surface area contributed by atoms with E-state index in [0.717, 1.165) is 30.3 Å². The van der Waals surface area contributed by atoms with Gasteiger partial charge < -0.3 is 5.11 Å². The maximum atomic E-state index is 10.6. The van der Waals surface area contributed by atoms with Gasteiger partial charge in [0.15, 0.2) is 0 Å². The normalized spacial score (nSPS) is 10.0. The van der Waals surface area contributed by atoms with Gasteiger partial charge in [0.05, 0.1) is 0 Å². The number of carbonyl (C=O) groups excluding carboxylic acids is 1. The Morgan fingerprint density at radius 2 is 1.69 bits per heavy atom. The fourth-order valence-corrected chi connectivity index (χ4v) is 1.39. The van der Waals surface area contributed by atoms with Crippen LogP contribution < -0.4 is 0 Å². The van der Waals surface area contributed by atoms with Gasteiger partial charge in [-0.25, -0.2) is 0 Å². The quantitative estimate of drug-likeness (QED) is 0.721. The summed E-state index contributed by atoms with van der Waals surface area (Å²) in [6.45, 7) is 3.92. The SMILES string of the molecule is CCc1cc(C=O)cc(CC)c1O. The number of carbonyl (C=O) groups is 1. The van der Waals surface area contributed by atoms with Gasteiger partial charge in [-0.3, -0.25) is 4.79 Å². The first kappa shape index (κ1) is 9.78. The highest BCUT2D eigenvalue weighted by molar-refractivity contribution is 5.76. The highest BCUT2D eigenvalue weighted by Gasteiger charge is 2.06. The number of hydrogen-bond donors (Lipinski definition) is 1. The Labute approximate surface area is 78.2 Å². The van der Waals surface area contributed by atoms with Crippen molar-refractivity contribution in [2.24, 2.45) is 0 Å². The average molecular weight is 178 g/mol. The van der Waals surface area contributed by atoms with Gasteiger partial charge in [0.2, 0.25) is 0 Å². The molecular formula is C11H14O2. The highest BCUT2D eigenvalue weighted by Crippen LogP contribution is 2.24. The molecule has 1 aromatic carbocycles. The lowest BCUT2D eigenvalue weighted by molar-refractivity contribution is 0.112. The predicted octanol–water partition coefficient (Wildman–Crippen LogP) is 2.33. The number of aromatic hydroxyl groups is 1. The maximum absolute atomic E-state index is 10.6. The molecule has 0 aliphatic rings. The molecule has 0 radical (unpaired) electrons. The second-order valence-corrected chi connectivity index (χ2v) is 3.01. The summed E-state index contributed by atoms with van der Waals surface area (Å²) in [5.74, 6) is 0.343. The summed E-state index contributed by atoms with van der Waals surface area (Å²) >= 11 is 0. The summed E-state index contributed by atoms with van der Waals surface area (Å²) in [4.78, 5) is 10.6. The molecular weight excluding hydrogens is 164 g/mol. The van der Waals surface area contributed by atoms with Crippen molar-refractivity contribution in [2.75, 3.05) is 0 Å². The number of benzene rings is 1. The molecule has 1 rings (SSSR count). The third kappa shape index (κ3) is 1.89. The molecule has 2 heteroatoms. The van der Waals surface area contributed by atoms with Gasteiger partial charge in [-0.1, -0.05) is 13.8 Å². The summed E-state index contributed by atoms with van der Waals surface area (Å²) in [7, 11) is 0. The van der Waals surface area contributed by atoms with E-state index >= 15 is 0 Å². The second-order valence-electron chi connectivity index (χ2n) is 3.01.